The second kappa shape index (κ2) is 5.42. The van der Waals surface area contributed by atoms with E-state index in [1.807, 2.05) is 58.9 Å². The Hall–Kier alpha value is -1.51. The molecule has 0 aliphatic carbocycles. The summed E-state index contributed by atoms with van der Waals surface area (Å²) in [4.78, 5) is 11.2. The number of benzene rings is 1. The number of aliphatic carboxylic acids is 1. The average Bonchev–Trinajstić information content (AvgIpc) is 2.17. The van der Waals surface area contributed by atoms with Gasteiger partial charge in [-0.15, -0.1) is 0 Å². The molecule has 0 aliphatic heterocycles. The molecule has 0 bridgehead atoms. The van der Waals surface area contributed by atoms with Crippen LogP contribution in [0, 0.1) is 5.92 Å². The van der Waals surface area contributed by atoms with Gasteiger partial charge in [-0.1, -0.05) is 26.0 Å². The van der Waals surface area contributed by atoms with Gasteiger partial charge in [0.1, 0.15) is 11.4 Å². The summed E-state index contributed by atoms with van der Waals surface area (Å²) < 4.78 is 5.71. The molecule has 0 fully saturated rings. The van der Waals surface area contributed by atoms with Crippen molar-refractivity contribution in [1.82, 2.24) is 0 Å². The lowest BCUT2D eigenvalue weighted by Crippen LogP contribution is -2.23. The van der Waals surface area contributed by atoms with E-state index in [0.29, 0.717) is 0 Å². The van der Waals surface area contributed by atoms with Crippen molar-refractivity contribution < 1.29 is 14.6 Å². The maximum atomic E-state index is 11.2. The van der Waals surface area contributed by atoms with Crippen molar-refractivity contribution in [2.45, 2.75) is 46.1 Å². The first-order chi connectivity index (χ1) is 8.20. The molecule has 100 valence electrons. The molecular formula is C15H22O3. The van der Waals surface area contributed by atoms with Gasteiger partial charge in [0.15, 0.2) is 0 Å². The van der Waals surface area contributed by atoms with Crippen molar-refractivity contribution in [3.8, 4) is 5.75 Å². The molecule has 1 rings (SSSR count). The number of rotatable bonds is 4. The van der Waals surface area contributed by atoms with Gasteiger partial charge >= 0.3 is 5.97 Å². The Labute approximate surface area is 109 Å². The van der Waals surface area contributed by atoms with Crippen molar-refractivity contribution in [1.29, 1.82) is 0 Å². The Morgan fingerprint density at radius 1 is 1.17 bits per heavy atom. The van der Waals surface area contributed by atoms with Crippen LogP contribution in [0.2, 0.25) is 0 Å². The Morgan fingerprint density at radius 3 is 2.00 bits per heavy atom. The Kier molecular flexibility index (Phi) is 4.38. The minimum atomic E-state index is -0.783. The molecule has 3 heteroatoms. The van der Waals surface area contributed by atoms with Gasteiger partial charge in [0.25, 0.3) is 0 Å². The maximum Gasteiger partial charge on any atom is 0.311 e. The topological polar surface area (TPSA) is 46.5 Å². The van der Waals surface area contributed by atoms with Crippen LogP contribution in [0.15, 0.2) is 24.3 Å². The predicted molar refractivity (Wildman–Crippen MR) is 72.0 cm³/mol. The monoisotopic (exact) mass is 250 g/mol. The van der Waals surface area contributed by atoms with Crippen LogP contribution in [-0.4, -0.2) is 16.7 Å². The Morgan fingerprint density at radius 2 is 1.67 bits per heavy atom. The van der Waals surface area contributed by atoms with Gasteiger partial charge in [0.2, 0.25) is 0 Å². The van der Waals surface area contributed by atoms with Gasteiger partial charge in [-0.05, 0) is 44.4 Å². The zero-order chi connectivity index (χ0) is 13.9. The summed E-state index contributed by atoms with van der Waals surface area (Å²) in [7, 11) is 0. The highest BCUT2D eigenvalue weighted by Crippen LogP contribution is 2.27. The third-order valence-electron chi connectivity index (χ3n) is 2.60. The van der Waals surface area contributed by atoms with Crippen LogP contribution in [0.1, 0.15) is 46.1 Å². The smallest absolute Gasteiger partial charge is 0.311 e. The van der Waals surface area contributed by atoms with Crippen LogP contribution < -0.4 is 4.74 Å². The number of carboxylic acids is 1. The fourth-order valence-corrected chi connectivity index (χ4v) is 1.91. The molecular weight excluding hydrogens is 228 g/mol. The van der Waals surface area contributed by atoms with Crippen LogP contribution >= 0.6 is 0 Å². The van der Waals surface area contributed by atoms with E-state index in [9.17, 15) is 9.90 Å². The first-order valence-electron chi connectivity index (χ1n) is 6.22. The highest BCUT2D eigenvalue weighted by Gasteiger charge is 2.23. The van der Waals surface area contributed by atoms with Gasteiger partial charge in [-0.3, -0.25) is 4.79 Å². The summed E-state index contributed by atoms with van der Waals surface area (Å²) in [6.45, 7) is 9.77. The van der Waals surface area contributed by atoms with Crippen LogP contribution in [0.3, 0.4) is 0 Å². The highest BCUT2D eigenvalue weighted by atomic mass is 16.5. The number of ether oxygens (including phenoxy) is 1. The Bertz CT molecular complexity index is 399. The molecule has 3 nitrogen and oxygen atoms in total. The van der Waals surface area contributed by atoms with E-state index >= 15 is 0 Å². The average molecular weight is 250 g/mol. The quantitative estimate of drug-likeness (QED) is 0.886. The van der Waals surface area contributed by atoms with Crippen molar-refractivity contribution in [3.63, 3.8) is 0 Å². The Balaban J connectivity index is 2.91. The van der Waals surface area contributed by atoms with Crippen molar-refractivity contribution in [3.05, 3.63) is 29.8 Å². The molecule has 1 unspecified atom stereocenters. The van der Waals surface area contributed by atoms with E-state index in [1.165, 1.54) is 0 Å². The summed E-state index contributed by atoms with van der Waals surface area (Å²) in [5.41, 5.74) is 0.574. The van der Waals surface area contributed by atoms with Gasteiger partial charge in [0, 0.05) is 0 Å². The lowest BCUT2D eigenvalue weighted by atomic mass is 9.88. The highest BCUT2D eigenvalue weighted by molar-refractivity contribution is 5.76. The number of carboxylic acid groups (broad SMARTS) is 1. The lowest BCUT2D eigenvalue weighted by Gasteiger charge is -2.22. The lowest BCUT2D eigenvalue weighted by molar-refractivity contribution is -0.139. The molecule has 0 spiro atoms. The minimum absolute atomic E-state index is 0.0666. The van der Waals surface area contributed by atoms with Crippen molar-refractivity contribution >= 4 is 5.97 Å². The van der Waals surface area contributed by atoms with E-state index in [0.717, 1.165) is 11.3 Å². The molecule has 0 aromatic heterocycles. The second-order valence-electron chi connectivity index (χ2n) is 5.84. The summed E-state index contributed by atoms with van der Waals surface area (Å²) >= 11 is 0. The summed E-state index contributed by atoms with van der Waals surface area (Å²) in [6, 6.07) is 7.33. The molecule has 1 N–H and O–H groups in total. The largest absolute Gasteiger partial charge is 0.488 e. The zero-order valence-corrected chi connectivity index (χ0v) is 11.7. The molecule has 0 radical (unpaired) electrons. The number of hydrogen-bond acceptors (Lipinski definition) is 2. The first-order valence-corrected chi connectivity index (χ1v) is 6.22. The van der Waals surface area contributed by atoms with Crippen molar-refractivity contribution in [2.24, 2.45) is 5.92 Å². The fourth-order valence-electron chi connectivity index (χ4n) is 1.91. The molecule has 0 amide bonds. The molecule has 1 atom stereocenters. The summed E-state index contributed by atoms with van der Waals surface area (Å²) in [5.74, 6) is -0.417. The zero-order valence-electron chi connectivity index (χ0n) is 11.7. The summed E-state index contributed by atoms with van der Waals surface area (Å²) in [6.07, 6.45) is 0. The van der Waals surface area contributed by atoms with E-state index in [2.05, 4.69) is 0 Å². The van der Waals surface area contributed by atoms with Crippen LogP contribution in [0.5, 0.6) is 5.75 Å². The fraction of sp³-hybridized carbons (Fsp3) is 0.533. The van der Waals surface area contributed by atoms with E-state index in [-0.39, 0.29) is 11.5 Å². The minimum Gasteiger partial charge on any atom is -0.488 e. The van der Waals surface area contributed by atoms with Crippen molar-refractivity contribution in [2.75, 3.05) is 0 Å². The summed E-state index contributed by atoms with van der Waals surface area (Å²) in [5, 5.41) is 9.22. The van der Waals surface area contributed by atoms with Crippen LogP contribution in [-0.2, 0) is 4.79 Å². The molecule has 18 heavy (non-hydrogen) atoms. The standard InChI is InChI=1S/C15H22O3/c1-10(2)13(14(16)17)11-6-8-12(9-7-11)18-15(3,4)5/h6-10,13H,1-5H3,(H,16,17). The third-order valence-corrected chi connectivity index (χ3v) is 2.60. The molecule has 0 aliphatic rings. The number of hydrogen-bond donors (Lipinski definition) is 1. The van der Waals surface area contributed by atoms with Crippen LogP contribution in [0.4, 0.5) is 0 Å². The van der Waals surface area contributed by atoms with E-state index in [1.54, 1.807) is 0 Å². The van der Waals surface area contributed by atoms with Gasteiger partial charge in [0.05, 0.1) is 5.92 Å². The van der Waals surface area contributed by atoms with E-state index in [4.69, 9.17) is 4.74 Å². The maximum absolute atomic E-state index is 11.2. The third kappa shape index (κ3) is 4.06. The molecule has 1 aromatic carbocycles. The van der Waals surface area contributed by atoms with Gasteiger partial charge in [-0.2, -0.15) is 0 Å². The molecule has 0 saturated heterocycles. The van der Waals surface area contributed by atoms with Crippen LogP contribution in [0.25, 0.3) is 0 Å². The first kappa shape index (κ1) is 14.6. The predicted octanol–water partition coefficient (Wildman–Crippen LogP) is 3.69. The van der Waals surface area contributed by atoms with E-state index < -0.39 is 11.9 Å². The SMILES string of the molecule is CC(C)C(C(=O)O)c1ccc(OC(C)(C)C)cc1. The second-order valence-corrected chi connectivity index (χ2v) is 5.84. The number of carbonyl (C=O) groups is 1. The van der Waals surface area contributed by atoms with Gasteiger partial charge in [-0.25, -0.2) is 0 Å². The molecule has 0 heterocycles. The molecule has 1 aromatic rings. The normalized spacial score (nSPS) is 13.4. The van der Waals surface area contributed by atoms with Gasteiger partial charge < -0.3 is 9.84 Å². The molecule has 0 saturated carbocycles.